The molecule has 32 heavy (non-hydrogen) atoms. The van der Waals surface area contributed by atoms with Gasteiger partial charge in [-0.15, -0.1) is 0 Å². The zero-order valence-corrected chi connectivity index (χ0v) is 17.9. The van der Waals surface area contributed by atoms with E-state index in [2.05, 4.69) is 4.74 Å². The predicted octanol–water partition coefficient (Wildman–Crippen LogP) is 3.39. The highest BCUT2D eigenvalue weighted by Gasteiger charge is 2.37. The van der Waals surface area contributed by atoms with Gasteiger partial charge in [0.25, 0.3) is 16.8 Å². The molecule has 10 nitrogen and oxygen atoms in total. The van der Waals surface area contributed by atoms with Crippen molar-refractivity contribution < 1.29 is 33.5 Å². The maximum Gasteiger partial charge on any atom is 0.325 e. The number of amides is 2. The van der Waals surface area contributed by atoms with Crippen LogP contribution >= 0.6 is 11.8 Å². The second-order valence-corrected chi connectivity index (χ2v) is 7.43. The highest BCUT2D eigenvalue weighted by atomic mass is 32.2. The summed E-state index contributed by atoms with van der Waals surface area (Å²) in [4.78, 5) is 47.7. The molecule has 1 fully saturated rings. The fraction of sp³-hybridized carbons (Fsp3) is 0.190. The highest BCUT2D eigenvalue weighted by molar-refractivity contribution is 8.18. The minimum atomic E-state index is -0.763. The number of rotatable bonds is 8. The van der Waals surface area contributed by atoms with E-state index in [9.17, 15) is 24.5 Å². The van der Waals surface area contributed by atoms with Gasteiger partial charge in [0.1, 0.15) is 13.2 Å². The summed E-state index contributed by atoms with van der Waals surface area (Å²) in [6.07, 6.45) is 1.21. The lowest BCUT2D eigenvalue weighted by atomic mass is 10.1. The predicted molar refractivity (Wildman–Crippen MR) is 115 cm³/mol. The van der Waals surface area contributed by atoms with Gasteiger partial charge in [0.15, 0.2) is 11.5 Å². The van der Waals surface area contributed by atoms with Crippen LogP contribution in [0.4, 0.5) is 10.5 Å². The zero-order valence-electron chi connectivity index (χ0n) is 17.1. The number of esters is 1. The number of thioether (sulfide) groups is 1. The molecule has 0 aromatic heterocycles. The van der Waals surface area contributed by atoms with Crippen LogP contribution in [0.1, 0.15) is 11.1 Å². The van der Waals surface area contributed by atoms with Crippen LogP contribution in [-0.2, 0) is 20.9 Å². The van der Waals surface area contributed by atoms with Gasteiger partial charge in [0, 0.05) is 0 Å². The largest absolute Gasteiger partial charge is 0.493 e. The van der Waals surface area contributed by atoms with Gasteiger partial charge in [-0.2, -0.15) is 0 Å². The molecule has 0 spiro atoms. The molecule has 0 unspecified atom stereocenters. The van der Waals surface area contributed by atoms with Crippen LogP contribution < -0.4 is 9.47 Å². The van der Waals surface area contributed by atoms with Gasteiger partial charge in [-0.3, -0.25) is 29.4 Å². The Morgan fingerprint density at radius 1 is 1.16 bits per heavy atom. The molecule has 0 aliphatic carbocycles. The summed E-state index contributed by atoms with van der Waals surface area (Å²) in [6.45, 7) is -0.379. The first-order valence-electron chi connectivity index (χ1n) is 9.19. The lowest BCUT2D eigenvalue weighted by Crippen LogP contribution is -2.34. The fourth-order valence-electron chi connectivity index (χ4n) is 2.82. The van der Waals surface area contributed by atoms with Crippen molar-refractivity contribution in [3.8, 4) is 11.5 Å². The molecule has 0 N–H and O–H groups in total. The maximum absolute atomic E-state index is 12.5. The number of nitrogens with zero attached hydrogens (tertiary/aromatic N) is 2. The third-order valence-electron chi connectivity index (χ3n) is 4.42. The molecule has 1 aliphatic rings. The molecule has 1 saturated heterocycles. The minimum absolute atomic E-state index is 0.0440. The molecule has 2 aromatic carbocycles. The molecule has 0 atom stereocenters. The summed E-state index contributed by atoms with van der Waals surface area (Å²) < 4.78 is 15.5. The molecule has 2 amide bonds. The van der Waals surface area contributed by atoms with E-state index in [4.69, 9.17) is 9.47 Å². The van der Waals surface area contributed by atoms with Crippen LogP contribution in [0.3, 0.4) is 0 Å². The first kappa shape index (κ1) is 22.8. The van der Waals surface area contributed by atoms with Gasteiger partial charge in [0.2, 0.25) is 0 Å². The lowest BCUT2D eigenvalue weighted by Gasteiger charge is -2.12. The Bertz CT molecular complexity index is 1100. The van der Waals surface area contributed by atoms with Gasteiger partial charge in [-0.25, -0.2) is 0 Å². The Morgan fingerprint density at radius 2 is 1.88 bits per heavy atom. The molecule has 1 heterocycles. The van der Waals surface area contributed by atoms with E-state index >= 15 is 0 Å². The molecule has 11 heteroatoms. The normalized spacial score (nSPS) is 14.6. The van der Waals surface area contributed by atoms with Crippen molar-refractivity contribution in [2.75, 3.05) is 20.8 Å². The first-order chi connectivity index (χ1) is 15.3. The fourth-order valence-corrected chi connectivity index (χ4v) is 3.65. The molecule has 1 aliphatic heterocycles. The van der Waals surface area contributed by atoms with E-state index in [1.54, 1.807) is 0 Å². The molecule has 2 aromatic rings. The van der Waals surface area contributed by atoms with Gasteiger partial charge in [-0.05, 0) is 29.5 Å². The lowest BCUT2D eigenvalue weighted by molar-refractivity contribution is -0.385. The number of methoxy groups -OCH3 is 2. The van der Waals surface area contributed by atoms with Crippen molar-refractivity contribution >= 4 is 40.6 Å². The summed E-state index contributed by atoms with van der Waals surface area (Å²) in [5.74, 6) is -1.14. The standard InChI is InChI=1S/C21H18N2O8S/c1-29-16-8-14(9-18-20(25)22(21(26)32-18)11-19(24)30-2)15(23(27)28)10-17(16)31-12-13-6-4-3-5-7-13/h3-10H,11-12H2,1-2H3/b18-9+. The number of imide groups is 1. The molecule has 3 rings (SSSR count). The van der Waals surface area contributed by atoms with Crippen LogP contribution in [0, 0.1) is 10.1 Å². The SMILES string of the molecule is COC(=O)CN1C(=O)S/C(=C/c2cc(OC)c(OCc3ccccc3)cc2[N+](=O)[O-])C1=O. The van der Waals surface area contributed by atoms with Crippen LogP contribution in [0.25, 0.3) is 6.08 Å². The van der Waals surface area contributed by atoms with Crippen molar-refractivity contribution in [3.63, 3.8) is 0 Å². The van der Waals surface area contributed by atoms with E-state index in [1.807, 2.05) is 30.3 Å². The second kappa shape index (κ2) is 9.96. The van der Waals surface area contributed by atoms with Crippen molar-refractivity contribution in [1.82, 2.24) is 4.90 Å². The summed E-state index contributed by atoms with van der Waals surface area (Å²) >= 11 is 0.571. The van der Waals surface area contributed by atoms with Gasteiger partial charge in [0.05, 0.1) is 35.7 Å². The third kappa shape index (κ3) is 5.06. The monoisotopic (exact) mass is 458 g/mol. The maximum atomic E-state index is 12.5. The minimum Gasteiger partial charge on any atom is -0.493 e. The van der Waals surface area contributed by atoms with Crippen molar-refractivity contribution in [2.45, 2.75) is 6.61 Å². The van der Waals surface area contributed by atoms with Crippen LogP contribution in [0.5, 0.6) is 11.5 Å². The summed E-state index contributed by atoms with van der Waals surface area (Å²) in [5.41, 5.74) is 0.566. The Kier molecular flexibility index (Phi) is 7.11. The van der Waals surface area contributed by atoms with Crippen LogP contribution in [0.15, 0.2) is 47.4 Å². The number of nitro groups is 1. The number of hydrogen-bond donors (Lipinski definition) is 0. The molecule has 0 bridgehead atoms. The van der Waals surface area contributed by atoms with Crippen molar-refractivity contribution in [3.05, 3.63) is 68.6 Å². The number of carbonyl (C=O) groups is 3. The van der Waals surface area contributed by atoms with Gasteiger partial charge < -0.3 is 14.2 Å². The zero-order chi connectivity index (χ0) is 23.3. The van der Waals surface area contributed by atoms with E-state index in [0.29, 0.717) is 16.7 Å². The Morgan fingerprint density at radius 3 is 2.50 bits per heavy atom. The average molecular weight is 458 g/mol. The highest BCUT2D eigenvalue weighted by Crippen LogP contribution is 2.39. The average Bonchev–Trinajstić information content (AvgIpc) is 3.05. The molecular weight excluding hydrogens is 440 g/mol. The van der Waals surface area contributed by atoms with E-state index in [1.165, 1.54) is 25.3 Å². The van der Waals surface area contributed by atoms with Crippen LogP contribution in [-0.4, -0.2) is 47.7 Å². The quantitative estimate of drug-likeness (QED) is 0.253. The number of ether oxygens (including phenoxy) is 3. The Hall–Kier alpha value is -3.86. The Balaban J connectivity index is 1.92. The number of carbonyl (C=O) groups excluding carboxylic acids is 3. The first-order valence-corrected chi connectivity index (χ1v) is 10.0. The molecule has 166 valence electrons. The second-order valence-electron chi connectivity index (χ2n) is 6.44. The number of hydrogen-bond acceptors (Lipinski definition) is 9. The van der Waals surface area contributed by atoms with E-state index < -0.39 is 28.6 Å². The summed E-state index contributed by atoms with van der Waals surface area (Å²) in [7, 11) is 2.51. The van der Waals surface area contributed by atoms with E-state index in [0.717, 1.165) is 12.7 Å². The third-order valence-corrected chi connectivity index (χ3v) is 5.33. The molecular formula is C21H18N2O8S. The van der Waals surface area contributed by atoms with Gasteiger partial charge >= 0.3 is 5.97 Å². The van der Waals surface area contributed by atoms with Crippen molar-refractivity contribution in [2.24, 2.45) is 0 Å². The number of nitro benzene ring substituents is 1. The summed E-state index contributed by atoms with van der Waals surface area (Å²) in [6, 6.07) is 11.8. The van der Waals surface area contributed by atoms with Crippen LogP contribution in [0.2, 0.25) is 0 Å². The topological polar surface area (TPSA) is 125 Å². The Labute approximate surface area is 186 Å². The number of benzene rings is 2. The summed E-state index contributed by atoms with van der Waals surface area (Å²) in [5, 5.41) is 11.0. The van der Waals surface area contributed by atoms with E-state index in [-0.39, 0.29) is 34.3 Å². The van der Waals surface area contributed by atoms with Crippen molar-refractivity contribution in [1.29, 1.82) is 0 Å². The van der Waals surface area contributed by atoms with Gasteiger partial charge in [-0.1, -0.05) is 30.3 Å². The smallest absolute Gasteiger partial charge is 0.325 e. The molecule has 0 radical (unpaired) electrons. The molecule has 0 saturated carbocycles.